The van der Waals surface area contributed by atoms with E-state index >= 15 is 0 Å². The minimum Gasteiger partial charge on any atom is -0.369 e. The fraction of sp³-hybridized carbons (Fsp3) is 0.652. The van der Waals surface area contributed by atoms with Crippen LogP contribution in [-0.4, -0.2) is 49.6 Å². The van der Waals surface area contributed by atoms with Gasteiger partial charge in [0.1, 0.15) is 0 Å². The summed E-state index contributed by atoms with van der Waals surface area (Å²) in [5.41, 5.74) is 0.393. The van der Waals surface area contributed by atoms with Crippen molar-refractivity contribution in [1.29, 1.82) is 5.26 Å². The van der Waals surface area contributed by atoms with Gasteiger partial charge in [-0.25, -0.2) is 13.2 Å². The van der Waals surface area contributed by atoms with Gasteiger partial charge in [-0.05, 0) is 51.0 Å². The summed E-state index contributed by atoms with van der Waals surface area (Å²) in [5, 5.41) is 11.6. The lowest BCUT2D eigenvalue weighted by molar-refractivity contribution is -0.122. The van der Waals surface area contributed by atoms with E-state index in [1.165, 1.54) is 0 Å². The van der Waals surface area contributed by atoms with Crippen LogP contribution in [0.2, 0.25) is 0 Å². The van der Waals surface area contributed by atoms with Crippen molar-refractivity contribution in [3.8, 4) is 6.07 Å². The molecule has 1 aliphatic heterocycles. The van der Waals surface area contributed by atoms with E-state index in [2.05, 4.69) is 16.3 Å². The smallest absolute Gasteiger partial charge is 0.220 e. The molecule has 0 spiro atoms. The van der Waals surface area contributed by atoms with Crippen molar-refractivity contribution in [2.75, 3.05) is 37.6 Å². The number of nitrogens with one attached hydrogen (secondary N) is 1. The summed E-state index contributed by atoms with van der Waals surface area (Å²) in [6.45, 7) is 3.95. The molecular formula is C23H31F3N4O. The largest absolute Gasteiger partial charge is 0.369 e. The third-order valence-corrected chi connectivity index (χ3v) is 6.46. The highest BCUT2D eigenvalue weighted by Gasteiger charge is 2.24. The molecule has 1 aromatic rings. The molecular weight excluding hydrogens is 405 g/mol. The number of hydrogen-bond acceptors (Lipinski definition) is 4. The Morgan fingerprint density at radius 3 is 2.32 bits per heavy atom. The van der Waals surface area contributed by atoms with Crippen LogP contribution in [0.5, 0.6) is 0 Å². The predicted molar refractivity (Wildman–Crippen MR) is 113 cm³/mol. The summed E-state index contributed by atoms with van der Waals surface area (Å²) in [4.78, 5) is 16.2. The monoisotopic (exact) mass is 436 g/mol. The van der Waals surface area contributed by atoms with E-state index in [0.29, 0.717) is 44.0 Å². The number of nitrogens with zero attached hydrogens (tertiary/aromatic N) is 3. The van der Waals surface area contributed by atoms with E-state index in [0.717, 1.165) is 63.9 Å². The van der Waals surface area contributed by atoms with Crippen LogP contribution in [0.3, 0.4) is 0 Å². The van der Waals surface area contributed by atoms with Crippen LogP contribution < -0.4 is 10.2 Å². The first-order chi connectivity index (χ1) is 15.0. The molecule has 31 heavy (non-hydrogen) atoms. The number of amides is 1. The van der Waals surface area contributed by atoms with Gasteiger partial charge in [0.25, 0.3) is 0 Å². The van der Waals surface area contributed by atoms with Gasteiger partial charge >= 0.3 is 0 Å². The molecule has 3 rings (SSSR count). The summed E-state index contributed by atoms with van der Waals surface area (Å²) < 4.78 is 40.1. The number of benzene rings is 1. The van der Waals surface area contributed by atoms with Gasteiger partial charge in [-0.2, -0.15) is 5.26 Å². The maximum Gasteiger partial charge on any atom is 0.220 e. The molecule has 0 radical (unpaired) electrons. The molecule has 1 aromatic carbocycles. The Bertz CT molecular complexity index is 759. The molecule has 0 bridgehead atoms. The Morgan fingerprint density at radius 2 is 1.71 bits per heavy atom. The van der Waals surface area contributed by atoms with Gasteiger partial charge in [0.2, 0.25) is 5.91 Å². The molecule has 1 amide bonds. The lowest BCUT2D eigenvalue weighted by atomic mass is 9.84. The number of carbonyl (C=O) groups is 1. The van der Waals surface area contributed by atoms with Gasteiger partial charge in [-0.15, -0.1) is 0 Å². The van der Waals surface area contributed by atoms with E-state index in [1.54, 1.807) is 0 Å². The third-order valence-electron chi connectivity index (χ3n) is 6.46. The minimum absolute atomic E-state index is 0.0532. The zero-order valence-electron chi connectivity index (χ0n) is 17.9. The third kappa shape index (κ3) is 6.86. The fourth-order valence-corrected chi connectivity index (χ4v) is 4.54. The molecule has 170 valence electrons. The summed E-state index contributed by atoms with van der Waals surface area (Å²) in [7, 11) is 0. The molecule has 0 unspecified atom stereocenters. The van der Waals surface area contributed by atoms with Gasteiger partial charge in [-0.3, -0.25) is 9.69 Å². The topological polar surface area (TPSA) is 59.4 Å². The second kappa shape index (κ2) is 11.4. The van der Waals surface area contributed by atoms with E-state index in [9.17, 15) is 18.0 Å². The lowest BCUT2D eigenvalue weighted by Crippen LogP contribution is -2.47. The molecule has 2 aliphatic rings. The Balaban J connectivity index is 1.33. The first-order valence-corrected chi connectivity index (χ1v) is 11.2. The summed E-state index contributed by atoms with van der Waals surface area (Å²) >= 11 is 0. The van der Waals surface area contributed by atoms with Crippen molar-refractivity contribution < 1.29 is 18.0 Å². The molecule has 5 nitrogen and oxygen atoms in total. The zero-order chi connectivity index (χ0) is 22.2. The average Bonchev–Trinajstić information content (AvgIpc) is 2.77. The van der Waals surface area contributed by atoms with Crippen LogP contribution in [0.1, 0.15) is 51.4 Å². The number of hydrogen-bond donors (Lipinski definition) is 1. The standard InChI is InChI=1S/C23H31F3N4O/c24-20-15-19(16-21(25)23(20)26)30-13-11-29(12-14-30)10-8-17-4-6-18(7-5-17)28-22(31)3-1-2-9-27/h15-18H,1-8,10-14H2,(H,28,31). The zero-order valence-corrected chi connectivity index (χ0v) is 17.9. The van der Waals surface area contributed by atoms with Crippen molar-refractivity contribution >= 4 is 11.6 Å². The second-order valence-corrected chi connectivity index (χ2v) is 8.64. The molecule has 1 N–H and O–H groups in total. The molecule has 8 heteroatoms. The van der Waals surface area contributed by atoms with E-state index in [1.807, 2.05) is 4.90 Å². The molecule has 2 fully saturated rings. The number of piperazine rings is 1. The molecule has 1 heterocycles. The first-order valence-electron chi connectivity index (χ1n) is 11.2. The molecule has 0 atom stereocenters. The highest BCUT2D eigenvalue weighted by molar-refractivity contribution is 5.76. The summed E-state index contributed by atoms with van der Waals surface area (Å²) in [6.07, 6.45) is 6.81. The Kier molecular flexibility index (Phi) is 8.59. The van der Waals surface area contributed by atoms with Crippen LogP contribution in [0, 0.1) is 34.7 Å². The maximum absolute atomic E-state index is 13.5. The van der Waals surface area contributed by atoms with Crippen LogP contribution in [0.25, 0.3) is 0 Å². The molecule has 1 aliphatic carbocycles. The van der Waals surface area contributed by atoms with Crippen molar-refractivity contribution in [1.82, 2.24) is 10.2 Å². The Morgan fingerprint density at radius 1 is 1.06 bits per heavy atom. The van der Waals surface area contributed by atoms with Crippen LogP contribution in [0.15, 0.2) is 12.1 Å². The Hall–Kier alpha value is -2.27. The number of unbranched alkanes of at least 4 members (excludes halogenated alkanes) is 1. The second-order valence-electron chi connectivity index (χ2n) is 8.64. The number of anilines is 1. The normalized spacial score (nSPS) is 22.2. The van der Waals surface area contributed by atoms with E-state index in [4.69, 9.17) is 5.26 Å². The average molecular weight is 437 g/mol. The molecule has 1 saturated carbocycles. The first kappa shape index (κ1) is 23.4. The van der Waals surface area contributed by atoms with Crippen molar-refractivity contribution in [3.05, 3.63) is 29.6 Å². The highest BCUT2D eigenvalue weighted by atomic mass is 19.2. The van der Waals surface area contributed by atoms with Gasteiger partial charge < -0.3 is 10.2 Å². The van der Waals surface area contributed by atoms with Crippen molar-refractivity contribution in [3.63, 3.8) is 0 Å². The fourth-order valence-electron chi connectivity index (χ4n) is 4.54. The van der Waals surface area contributed by atoms with Crippen LogP contribution in [-0.2, 0) is 4.79 Å². The van der Waals surface area contributed by atoms with Crippen molar-refractivity contribution in [2.45, 2.75) is 57.4 Å². The SMILES string of the molecule is N#CCCCC(=O)NC1CCC(CCN2CCN(c3cc(F)c(F)c(F)c3)CC2)CC1. The quantitative estimate of drug-likeness (QED) is 0.495. The maximum atomic E-state index is 13.5. The molecule has 1 saturated heterocycles. The van der Waals surface area contributed by atoms with Crippen molar-refractivity contribution in [2.24, 2.45) is 5.92 Å². The van der Waals surface area contributed by atoms with E-state index < -0.39 is 17.5 Å². The van der Waals surface area contributed by atoms with Gasteiger partial charge in [0, 0.05) is 62.9 Å². The number of nitriles is 1. The van der Waals surface area contributed by atoms with Gasteiger partial charge in [0.05, 0.1) is 6.07 Å². The van der Waals surface area contributed by atoms with E-state index in [-0.39, 0.29) is 11.9 Å². The lowest BCUT2D eigenvalue weighted by Gasteiger charge is -2.37. The Labute approximate surface area is 182 Å². The predicted octanol–water partition coefficient (Wildman–Crippen LogP) is 3.98. The van der Waals surface area contributed by atoms with Crippen LogP contribution in [0.4, 0.5) is 18.9 Å². The highest BCUT2D eigenvalue weighted by Crippen LogP contribution is 2.28. The number of rotatable bonds is 8. The number of carbonyl (C=O) groups excluding carboxylic acids is 1. The summed E-state index contributed by atoms with van der Waals surface area (Å²) in [5.74, 6) is -3.00. The van der Waals surface area contributed by atoms with Crippen LogP contribution >= 0.6 is 0 Å². The van der Waals surface area contributed by atoms with Gasteiger partial charge in [0.15, 0.2) is 17.5 Å². The molecule has 0 aromatic heterocycles. The number of halogens is 3. The van der Waals surface area contributed by atoms with Gasteiger partial charge in [-0.1, -0.05) is 0 Å². The minimum atomic E-state index is -1.42. The summed E-state index contributed by atoms with van der Waals surface area (Å²) in [6, 6.07) is 4.44.